The summed E-state index contributed by atoms with van der Waals surface area (Å²) in [4.78, 5) is 23.3. The molecule has 24 heavy (non-hydrogen) atoms. The summed E-state index contributed by atoms with van der Waals surface area (Å²) in [6.07, 6.45) is 1.52. The average Bonchev–Trinajstić information content (AvgIpc) is 2.99. The molecule has 0 atom stereocenters. The molecule has 0 saturated carbocycles. The van der Waals surface area contributed by atoms with E-state index in [1.807, 2.05) is 39.1 Å². The lowest BCUT2D eigenvalue weighted by Gasteiger charge is -2.36. The number of nitrogens with zero attached hydrogens (tertiary/aromatic N) is 4. The molecule has 0 bridgehead atoms. The number of amides is 1. The maximum atomic E-state index is 12.1. The standard InChI is InChI=1S/C17H21N5O2/c1-17(2,3)24-16(23)22-8-6-21(7-9-22)14-10-12-4-5-19-15(12)20-13(14)11-18/h4-5,10H,6-9H2,1-3H3,(H,19,20). The fraction of sp³-hybridized carbons (Fsp3) is 0.471. The number of ether oxygens (including phenoxy) is 1. The summed E-state index contributed by atoms with van der Waals surface area (Å²) in [6.45, 7) is 7.99. The van der Waals surface area contributed by atoms with Crippen LogP contribution in [0, 0.1) is 11.3 Å². The van der Waals surface area contributed by atoms with Gasteiger partial charge in [-0.2, -0.15) is 5.26 Å². The number of pyridine rings is 1. The smallest absolute Gasteiger partial charge is 0.410 e. The van der Waals surface area contributed by atoms with Crippen LogP contribution in [-0.4, -0.2) is 52.7 Å². The summed E-state index contributed by atoms with van der Waals surface area (Å²) >= 11 is 0. The summed E-state index contributed by atoms with van der Waals surface area (Å²) < 4.78 is 5.41. The number of H-pyrrole nitrogens is 1. The van der Waals surface area contributed by atoms with Crippen molar-refractivity contribution in [3.63, 3.8) is 0 Å². The fourth-order valence-corrected chi connectivity index (χ4v) is 2.75. The Morgan fingerprint density at radius 1 is 1.33 bits per heavy atom. The number of fused-ring (bicyclic) bond motifs is 1. The average molecular weight is 327 g/mol. The minimum Gasteiger partial charge on any atom is -0.444 e. The van der Waals surface area contributed by atoms with Crippen LogP contribution in [0.1, 0.15) is 26.5 Å². The van der Waals surface area contributed by atoms with Gasteiger partial charge in [-0.25, -0.2) is 9.78 Å². The third-order valence-corrected chi connectivity index (χ3v) is 3.89. The largest absolute Gasteiger partial charge is 0.444 e. The van der Waals surface area contributed by atoms with Crippen molar-refractivity contribution in [2.75, 3.05) is 31.1 Å². The van der Waals surface area contributed by atoms with E-state index in [1.54, 1.807) is 4.90 Å². The van der Waals surface area contributed by atoms with E-state index in [2.05, 4.69) is 20.9 Å². The topological polar surface area (TPSA) is 85.2 Å². The summed E-state index contributed by atoms with van der Waals surface area (Å²) in [6, 6.07) is 6.07. The number of carbonyl (C=O) groups is 1. The van der Waals surface area contributed by atoms with E-state index in [9.17, 15) is 10.1 Å². The van der Waals surface area contributed by atoms with Crippen LogP contribution in [0.4, 0.5) is 10.5 Å². The molecule has 3 rings (SSSR count). The molecule has 1 aliphatic rings. The molecule has 7 nitrogen and oxygen atoms in total. The SMILES string of the molecule is CC(C)(C)OC(=O)N1CCN(c2cc3cc[nH]c3nc2C#N)CC1. The molecule has 2 aromatic rings. The first-order valence-electron chi connectivity index (χ1n) is 7.98. The van der Waals surface area contributed by atoms with E-state index >= 15 is 0 Å². The minimum absolute atomic E-state index is 0.290. The summed E-state index contributed by atoms with van der Waals surface area (Å²) in [5.41, 5.74) is 1.43. The molecule has 1 N–H and O–H groups in total. The molecule has 1 amide bonds. The first kappa shape index (κ1) is 16.1. The molecule has 7 heteroatoms. The Bertz CT molecular complexity index is 791. The molecule has 1 fully saturated rings. The molecule has 1 saturated heterocycles. The number of aromatic amines is 1. The van der Waals surface area contributed by atoms with Gasteiger partial charge in [-0.1, -0.05) is 0 Å². The van der Waals surface area contributed by atoms with E-state index in [4.69, 9.17) is 4.74 Å². The van der Waals surface area contributed by atoms with Gasteiger partial charge in [-0.05, 0) is 32.9 Å². The van der Waals surface area contributed by atoms with Gasteiger partial charge in [0.25, 0.3) is 0 Å². The number of hydrogen-bond donors (Lipinski definition) is 1. The second kappa shape index (κ2) is 6.04. The molecule has 0 unspecified atom stereocenters. The number of anilines is 1. The number of nitrogens with one attached hydrogen (secondary N) is 1. The van der Waals surface area contributed by atoms with Crippen LogP contribution in [0.15, 0.2) is 18.3 Å². The number of nitriles is 1. The zero-order valence-electron chi connectivity index (χ0n) is 14.2. The molecule has 0 spiro atoms. The Hall–Kier alpha value is -2.75. The van der Waals surface area contributed by atoms with Crippen LogP contribution >= 0.6 is 0 Å². The maximum Gasteiger partial charge on any atom is 0.410 e. The molecule has 0 aliphatic carbocycles. The summed E-state index contributed by atoms with van der Waals surface area (Å²) in [7, 11) is 0. The van der Waals surface area contributed by atoms with Gasteiger partial charge in [-0.3, -0.25) is 0 Å². The third-order valence-electron chi connectivity index (χ3n) is 3.89. The van der Waals surface area contributed by atoms with E-state index in [0.717, 1.165) is 11.1 Å². The van der Waals surface area contributed by atoms with Gasteiger partial charge in [0.2, 0.25) is 0 Å². The predicted octanol–water partition coefficient (Wildman–Crippen LogP) is 2.49. The highest BCUT2D eigenvalue weighted by molar-refractivity contribution is 5.81. The van der Waals surface area contributed by atoms with E-state index < -0.39 is 5.60 Å². The number of hydrogen-bond acceptors (Lipinski definition) is 5. The van der Waals surface area contributed by atoms with Crippen molar-refractivity contribution in [3.05, 3.63) is 24.0 Å². The van der Waals surface area contributed by atoms with Crippen molar-refractivity contribution in [1.29, 1.82) is 5.26 Å². The summed E-state index contributed by atoms with van der Waals surface area (Å²) in [5, 5.41) is 10.3. The second-order valence-corrected chi connectivity index (χ2v) is 6.84. The highest BCUT2D eigenvalue weighted by atomic mass is 16.6. The maximum absolute atomic E-state index is 12.1. The quantitative estimate of drug-likeness (QED) is 0.870. The second-order valence-electron chi connectivity index (χ2n) is 6.84. The molecule has 3 heterocycles. The van der Waals surface area contributed by atoms with Crippen LogP contribution in [0.2, 0.25) is 0 Å². The van der Waals surface area contributed by atoms with Gasteiger partial charge in [0, 0.05) is 37.8 Å². The van der Waals surface area contributed by atoms with Crippen molar-refractivity contribution in [1.82, 2.24) is 14.9 Å². The van der Waals surface area contributed by atoms with Crippen LogP contribution in [0.5, 0.6) is 0 Å². The Morgan fingerprint density at radius 3 is 2.67 bits per heavy atom. The normalized spacial score (nSPS) is 15.4. The van der Waals surface area contributed by atoms with Crippen LogP contribution < -0.4 is 4.90 Å². The highest BCUT2D eigenvalue weighted by Crippen LogP contribution is 2.25. The van der Waals surface area contributed by atoms with Crippen molar-refractivity contribution in [2.24, 2.45) is 0 Å². The molecule has 1 aliphatic heterocycles. The van der Waals surface area contributed by atoms with Crippen molar-refractivity contribution < 1.29 is 9.53 Å². The Morgan fingerprint density at radius 2 is 2.04 bits per heavy atom. The molecule has 2 aromatic heterocycles. The first-order valence-corrected chi connectivity index (χ1v) is 7.98. The monoisotopic (exact) mass is 327 g/mol. The van der Waals surface area contributed by atoms with Crippen molar-refractivity contribution in [3.8, 4) is 6.07 Å². The number of carbonyl (C=O) groups excluding carboxylic acids is 1. The van der Waals surface area contributed by atoms with E-state index in [0.29, 0.717) is 37.5 Å². The summed E-state index contributed by atoms with van der Waals surface area (Å²) in [5.74, 6) is 0. The van der Waals surface area contributed by atoms with Crippen LogP contribution in [0.3, 0.4) is 0 Å². The molecule has 0 aromatic carbocycles. The van der Waals surface area contributed by atoms with Gasteiger partial charge >= 0.3 is 6.09 Å². The van der Waals surface area contributed by atoms with Crippen LogP contribution in [0.25, 0.3) is 11.0 Å². The van der Waals surface area contributed by atoms with Gasteiger partial charge in [-0.15, -0.1) is 0 Å². The van der Waals surface area contributed by atoms with Gasteiger partial charge < -0.3 is 19.5 Å². The van der Waals surface area contributed by atoms with E-state index in [1.165, 1.54) is 0 Å². The van der Waals surface area contributed by atoms with E-state index in [-0.39, 0.29) is 6.09 Å². The number of piperazine rings is 1. The first-order chi connectivity index (χ1) is 11.4. The van der Waals surface area contributed by atoms with Crippen molar-refractivity contribution in [2.45, 2.75) is 26.4 Å². The minimum atomic E-state index is -0.495. The Balaban J connectivity index is 1.73. The lowest BCUT2D eigenvalue weighted by atomic mass is 10.2. The molecular formula is C17H21N5O2. The highest BCUT2D eigenvalue weighted by Gasteiger charge is 2.27. The number of rotatable bonds is 1. The van der Waals surface area contributed by atoms with Crippen LogP contribution in [-0.2, 0) is 4.74 Å². The Kier molecular flexibility index (Phi) is 4.06. The lowest BCUT2D eigenvalue weighted by molar-refractivity contribution is 0.0240. The predicted molar refractivity (Wildman–Crippen MR) is 90.8 cm³/mol. The molecular weight excluding hydrogens is 306 g/mol. The zero-order valence-corrected chi connectivity index (χ0v) is 14.2. The lowest BCUT2D eigenvalue weighted by Crippen LogP contribution is -2.50. The van der Waals surface area contributed by atoms with Gasteiger partial charge in [0.05, 0.1) is 5.69 Å². The number of aromatic nitrogens is 2. The van der Waals surface area contributed by atoms with Gasteiger partial charge in [0.1, 0.15) is 17.3 Å². The fourth-order valence-electron chi connectivity index (χ4n) is 2.75. The zero-order chi connectivity index (χ0) is 17.3. The Labute approximate surface area is 140 Å². The van der Waals surface area contributed by atoms with Gasteiger partial charge in [0.15, 0.2) is 5.69 Å². The third kappa shape index (κ3) is 3.27. The molecule has 0 radical (unpaired) electrons. The van der Waals surface area contributed by atoms with Crippen molar-refractivity contribution >= 4 is 22.8 Å². The molecule has 126 valence electrons.